The van der Waals surface area contributed by atoms with Crippen molar-refractivity contribution in [1.82, 2.24) is 5.32 Å². The van der Waals surface area contributed by atoms with Crippen molar-refractivity contribution in [1.29, 1.82) is 0 Å². The Labute approximate surface area is 155 Å². The molecule has 26 heavy (non-hydrogen) atoms. The van der Waals surface area contributed by atoms with Crippen LogP contribution in [0.4, 0.5) is 0 Å². The standard InChI is InChI=1S/C20H28N2O3S/c1-14-2-4-17(5-3-14)19-9-15-8-16(10-19)12-20(11-15,13-19)18(23)22-6-7-26(21,24)25/h2-5,15-16H,6-13H2,1H3,(H,22,23)(H2,21,24,25). The molecule has 0 radical (unpaired) electrons. The summed E-state index contributed by atoms with van der Waals surface area (Å²) >= 11 is 0. The van der Waals surface area contributed by atoms with Gasteiger partial charge in [-0.1, -0.05) is 29.8 Å². The molecule has 142 valence electrons. The Balaban J connectivity index is 1.58. The molecule has 1 amide bonds. The fraction of sp³-hybridized carbons (Fsp3) is 0.650. The van der Waals surface area contributed by atoms with Gasteiger partial charge in [-0.3, -0.25) is 4.79 Å². The maximum atomic E-state index is 13.1. The summed E-state index contributed by atoms with van der Waals surface area (Å²) in [6.45, 7) is 2.20. The first-order valence-corrected chi connectivity index (χ1v) is 11.3. The van der Waals surface area contributed by atoms with Gasteiger partial charge in [0.2, 0.25) is 15.9 Å². The lowest BCUT2D eigenvalue weighted by atomic mass is 9.42. The van der Waals surface area contributed by atoms with E-state index in [1.165, 1.54) is 30.4 Å². The first-order chi connectivity index (χ1) is 12.2. The first kappa shape index (κ1) is 18.0. The zero-order valence-electron chi connectivity index (χ0n) is 15.3. The number of rotatable bonds is 5. The number of carbonyl (C=O) groups excluding carboxylic acids is 1. The van der Waals surface area contributed by atoms with E-state index in [0.29, 0.717) is 11.8 Å². The number of sulfonamides is 1. The average molecular weight is 377 g/mol. The fourth-order valence-corrected chi connectivity index (χ4v) is 6.65. The first-order valence-electron chi connectivity index (χ1n) is 9.56. The number of primary sulfonamides is 1. The third-order valence-corrected chi connectivity index (χ3v) is 7.65. The summed E-state index contributed by atoms with van der Waals surface area (Å²) in [5, 5.41) is 7.93. The minimum atomic E-state index is -3.55. The summed E-state index contributed by atoms with van der Waals surface area (Å²) in [7, 11) is -3.55. The Bertz CT molecular complexity index is 802. The lowest BCUT2D eigenvalue weighted by Gasteiger charge is -2.61. The zero-order valence-corrected chi connectivity index (χ0v) is 16.1. The lowest BCUT2D eigenvalue weighted by molar-refractivity contribution is -0.149. The molecule has 0 saturated heterocycles. The van der Waals surface area contributed by atoms with Gasteiger partial charge in [-0.15, -0.1) is 0 Å². The summed E-state index contributed by atoms with van der Waals surface area (Å²) in [5.74, 6) is 1.03. The van der Waals surface area contributed by atoms with Gasteiger partial charge >= 0.3 is 0 Å². The Morgan fingerprint density at radius 2 is 1.77 bits per heavy atom. The van der Waals surface area contributed by atoms with Crippen LogP contribution in [0.25, 0.3) is 0 Å². The third-order valence-electron chi connectivity index (χ3n) is 6.88. The topological polar surface area (TPSA) is 89.3 Å². The predicted octanol–water partition coefficient (Wildman–Crippen LogP) is 2.24. The third kappa shape index (κ3) is 3.18. The minimum absolute atomic E-state index is 0.0340. The summed E-state index contributed by atoms with van der Waals surface area (Å²) in [5.41, 5.74) is 2.40. The molecule has 2 unspecified atom stereocenters. The molecule has 0 heterocycles. The summed E-state index contributed by atoms with van der Waals surface area (Å²) in [6.07, 6.45) is 6.37. The molecule has 2 atom stereocenters. The number of hydrogen-bond donors (Lipinski definition) is 2. The second kappa shape index (κ2) is 6.06. The van der Waals surface area contributed by atoms with Crippen LogP contribution in [0.2, 0.25) is 0 Å². The molecule has 4 aliphatic rings. The maximum Gasteiger partial charge on any atom is 0.226 e. The average Bonchev–Trinajstić information content (AvgIpc) is 2.52. The number of benzene rings is 1. The molecular formula is C20H28N2O3S. The molecule has 5 nitrogen and oxygen atoms in total. The second-order valence-corrected chi connectivity index (χ2v) is 10.7. The number of aryl methyl sites for hydroxylation is 1. The maximum absolute atomic E-state index is 13.1. The van der Waals surface area contributed by atoms with Crippen molar-refractivity contribution in [3.05, 3.63) is 35.4 Å². The summed E-state index contributed by atoms with van der Waals surface area (Å²) in [4.78, 5) is 13.1. The van der Waals surface area contributed by atoms with Crippen molar-refractivity contribution >= 4 is 15.9 Å². The molecule has 3 N–H and O–H groups in total. The highest BCUT2D eigenvalue weighted by molar-refractivity contribution is 7.89. The number of nitrogens with two attached hydrogens (primary N) is 1. The number of hydrogen-bond acceptors (Lipinski definition) is 3. The van der Waals surface area contributed by atoms with Crippen molar-refractivity contribution in [3.8, 4) is 0 Å². The van der Waals surface area contributed by atoms with E-state index in [2.05, 4.69) is 36.5 Å². The van der Waals surface area contributed by atoms with Crippen LogP contribution in [0, 0.1) is 24.2 Å². The Hall–Kier alpha value is -1.40. The molecule has 0 spiro atoms. The number of nitrogens with one attached hydrogen (secondary N) is 1. The molecule has 4 bridgehead atoms. The highest BCUT2D eigenvalue weighted by Crippen LogP contribution is 2.65. The quantitative estimate of drug-likeness (QED) is 0.826. The van der Waals surface area contributed by atoms with Crippen molar-refractivity contribution in [2.24, 2.45) is 22.4 Å². The zero-order chi connectivity index (χ0) is 18.6. The molecule has 5 rings (SSSR count). The van der Waals surface area contributed by atoms with Gasteiger partial charge in [0.05, 0.1) is 11.2 Å². The molecule has 1 aromatic rings. The monoisotopic (exact) mass is 376 g/mol. The van der Waals surface area contributed by atoms with Crippen LogP contribution < -0.4 is 10.5 Å². The number of amides is 1. The van der Waals surface area contributed by atoms with E-state index in [-0.39, 0.29) is 29.0 Å². The van der Waals surface area contributed by atoms with Gasteiger partial charge in [-0.05, 0) is 68.3 Å². The fourth-order valence-electron chi connectivity index (χ4n) is 6.27. The van der Waals surface area contributed by atoms with Gasteiger partial charge in [-0.2, -0.15) is 0 Å². The van der Waals surface area contributed by atoms with Gasteiger partial charge in [0.15, 0.2) is 0 Å². The predicted molar refractivity (Wildman–Crippen MR) is 101 cm³/mol. The Morgan fingerprint density at radius 1 is 1.15 bits per heavy atom. The molecule has 1 aromatic carbocycles. The van der Waals surface area contributed by atoms with Crippen LogP contribution in [0.1, 0.15) is 49.7 Å². The van der Waals surface area contributed by atoms with E-state index in [1.807, 2.05) is 0 Å². The van der Waals surface area contributed by atoms with Crippen molar-refractivity contribution < 1.29 is 13.2 Å². The summed E-state index contributed by atoms with van der Waals surface area (Å²) < 4.78 is 22.3. The smallest absolute Gasteiger partial charge is 0.226 e. The molecule has 0 aromatic heterocycles. The van der Waals surface area contributed by atoms with E-state index >= 15 is 0 Å². The van der Waals surface area contributed by atoms with Crippen LogP contribution in [-0.4, -0.2) is 26.6 Å². The highest BCUT2D eigenvalue weighted by atomic mass is 32.2. The molecule has 0 aliphatic heterocycles. The van der Waals surface area contributed by atoms with Crippen LogP contribution in [0.15, 0.2) is 24.3 Å². The van der Waals surface area contributed by atoms with Crippen molar-refractivity contribution in [2.45, 2.75) is 50.9 Å². The Morgan fingerprint density at radius 3 is 2.35 bits per heavy atom. The van der Waals surface area contributed by atoms with Gasteiger partial charge in [0, 0.05) is 6.54 Å². The van der Waals surface area contributed by atoms with Gasteiger partial charge in [0.25, 0.3) is 0 Å². The van der Waals surface area contributed by atoms with E-state index < -0.39 is 10.0 Å². The van der Waals surface area contributed by atoms with E-state index in [1.54, 1.807) is 0 Å². The Kier molecular flexibility index (Phi) is 4.19. The van der Waals surface area contributed by atoms with Gasteiger partial charge < -0.3 is 5.32 Å². The van der Waals surface area contributed by atoms with Gasteiger partial charge in [-0.25, -0.2) is 13.6 Å². The van der Waals surface area contributed by atoms with Crippen LogP contribution in [-0.2, 0) is 20.2 Å². The van der Waals surface area contributed by atoms with Crippen LogP contribution >= 0.6 is 0 Å². The SMILES string of the molecule is Cc1ccc(C23CC4CC(CC(C(=O)NCCS(N)(=O)=O)(C4)C2)C3)cc1. The van der Waals surface area contributed by atoms with E-state index in [4.69, 9.17) is 5.14 Å². The molecule has 4 fully saturated rings. The van der Waals surface area contributed by atoms with Crippen molar-refractivity contribution in [3.63, 3.8) is 0 Å². The van der Waals surface area contributed by atoms with Crippen LogP contribution in [0.5, 0.6) is 0 Å². The largest absolute Gasteiger partial charge is 0.355 e. The molecule has 4 aliphatic carbocycles. The van der Waals surface area contributed by atoms with E-state index in [0.717, 1.165) is 19.3 Å². The van der Waals surface area contributed by atoms with Crippen molar-refractivity contribution in [2.75, 3.05) is 12.3 Å². The number of carbonyl (C=O) groups is 1. The molecule has 4 saturated carbocycles. The normalized spacial score (nSPS) is 35.5. The highest BCUT2D eigenvalue weighted by Gasteiger charge is 2.60. The lowest BCUT2D eigenvalue weighted by Crippen LogP contribution is -2.59. The molecular weight excluding hydrogens is 348 g/mol. The second-order valence-electron chi connectivity index (χ2n) is 9.01. The van der Waals surface area contributed by atoms with E-state index in [9.17, 15) is 13.2 Å². The van der Waals surface area contributed by atoms with Gasteiger partial charge in [0.1, 0.15) is 0 Å². The summed E-state index contributed by atoms with van der Waals surface area (Å²) in [6, 6.07) is 8.84. The minimum Gasteiger partial charge on any atom is -0.355 e. The van der Waals surface area contributed by atoms with Crippen LogP contribution in [0.3, 0.4) is 0 Å². The molecule has 6 heteroatoms.